The molecule has 1 aromatic carbocycles. The molecule has 206 valence electrons. The van der Waals surface area contributed by atoms with E-state index in [9.17, 15) is 44.3 Å². The van der Waals surface area contributed by atoms with Gasteiger partial charge in [-0.2, -0.15) is 39.5 Å². The summed E-state index contributed by atoms with van der Waals surface area (Å²) in [5.41, 5.74) is -9.65. The molecule has 0 saturated heterocycles. The zero-order chi connectivity index (χ0) is 28.7. The minimum atomic E-state index is -5.48. The Balaban J connectivity index is 0.00000195. The Labute approximate surface area is 208 Å². The number of hydrogen-bond acceptors (Lipinski definition) is 5. The van der Waals surface area contributed by atoms with Gasteiger partial charge in [-0.05, 0) is 30.3 Å². The van der Waals surface area contributed by atoms with E-state index in [0.29, 0.717) is 0 Å². The van der Waals surface area contributed by atoms with Crippen molar-refractivity contribution in [2.45, 2.75) is 44.4 Å². The number of benzene rings is 1. The summed E-state index contributed by atoms with van der Waals surface area (Å²) in [7, 11) is 1.09. The van der Waals surface area contributed by atoms with Crippen molar-refractivity contribution in [2.24, 2.45) is 5.16 Å². The van der Waals surface area contributed by atoms with Crippen LogP contribution in [0.25, 0.3) is 5.65 Å². The van der Waals surface area contributed by atoms with Crippen LogP contribution in [0.4, 0.5) is 39.5 Å². The number of ether oxygens (including phenoxy) is 1. The highest BCUT2D eigenvalue weighted by Gasteiger charge is 2.63. The van der Waals surface area contributed by atoms with Crippen LogP contribution in [-0.4, -0.2) is 34.4 Å². The molecule has 3 heterocycles. The van der Waals surface area contributed by atoms with Gasteiger partial charge >= 0.3 is 24.5 Å². The fourth-order valence-electron chi connectivity index (χ4n) is 3.75. The summed E-state index contributed by atoms with van der Waals surface area (Å²) in [5.74, 6) is -0.803. The van der Waals surface area contributed by atoms with Crippen LogP contribution in [0.5, 0.6) is 0 Å². The summed E-state index contributed by atoms with van der Waals surface area (Å²) >= 11 is 0. The second kappa shape index (κ2) is 9.83. The smallest absolute Gasteiger partial charge is 0.435 e. The van der Waals surface area contributed by atoms with Crippen LogP contribution in [0.15, 0.2) is 47.9 Å². The van der Waals surface area contributed by atoms with Crippen molar-refractivity contribution in [2.75, 3.05) is 7.11 Å². The molecular formula is C23H18F9N3O3. The van der Waals surface area contributed by atoms with Gasteiger partial charge in [0.25, 0.3) is 5.60 Å². The van der Waals surface area contributed by atoms with E-state index in [1.165, 1.54) is 22.9 Å². The molecule has 1 aliphatic rings. The molecule has 1 aliphatic heterocycles. The molecule has 4 rings (SSSR count). The van der Waals surface area contributed by atoms with Gasteiger partial charge in [-0.1, -0.05) is 19.0 Å². The maximum atomic E-state index is 14.3. The topological polar surface area (TPSA) is 65.2 Å². The number of fused-ring (bicyclic) bond motifs is 1. The molecule has 0 spiro atoms. The van der Waals surface area contributed by atoms with Crippen LogP contribution in [0.1, 0.15) is 53.0 Å². The normalized spacial score (nSPS) is 17.9. The number of hydrogen-bond donors (Lipinski definition) is 0. The van der Waals surface area contributed by atoms with E-state index in [2.05, 4.69) is 19.7 Å². The number of esters is 1. The summed E-state index contributed by atoms with van der Waals surface area (Å²) in [6.07, 6.45) is -15.0. The first-order valence-corrected chi connectivity index (χ1v) is 10.7. The second-order valence-electron chi connectivity index (χ2n) is 7.67. The fraction of sp³-hybridized carbons (Fsp3) is 0.348. The summed E-state index contributed by atoms with van der Waals surface area (Å²) < 4.78 is 128. The molecule has 0 amide bonds. The van der Waals surface area contributed by atoms with Crippen molar-refractivity contribution >= 4 is 17.3 Å². The van der Waals surface area contributed by atoms with Crippen molar-refractivity contribution in [1.29, 1.82) is 0 Å². The molecule has 0 fully saturated rings. The molecule has 15 heteroatoms. The van der Waals surface area contributed by atoms with E-state index >= 15 is 0 Å². The number of methoxy groups -OCH3 is 1. The maximum Gasteiger partial charge on any atom is 0.435 e. The van der Waals surface area contributed by atoms with Gasteiger partial charge in [0.15, 0.2) is 0 Å². The Bertz CT molecular complexity index is 1340. The largest absolute Gasteiger partial charge is 0.464 e. The lowest BCUT2D eigenvalue weighted by Gasteiger charge is -2.30. The third-order valence-corrected chi connectivity index (χ3v) is 5.49. The van der Waals surface area contributed by atoms with E-state index in [-0.39, 0.29) is 35.1 Å². The average Bonchev–Trinajstić information content (AvgIpc) is 3.51. The zero-order valence-electron chi connectivity index (χ0n) is 19.7. The monoisotopic (exact) mass is 555 g/mol. The summed E-state index contributed by atoms with van der Waals surface area (Å²) in [5, 5.41) is 3.38. The minimum absolute atomic E-state index is 0.0490. The maximum absolute atomic E-state index is 14.3. The number of imidazole rings is 1. The van der Waals surface area contributed by atoms with Crippen molar-refractivity contribution in [3.8, 4) is 0 Å². The predicted octanol–water partition coefficient (Wildman–Crippen LogP) is 6.77. The standard InChI is InChI=1S/C21H12F9N3O3.C2H6/c1-35-17(34)15-3-2-13(16-31-4-5-33(15)16)14-9-18(36-32-14,21(28,29)30)10-6-11(19(22,23)24)8-12(7-10)20(25,26)27;1-2/h2-8H,9H2,1H3;1-2H3. The highest BCUT2D eigenvalue weighted by molar-refractivity contribution is 6.07. The summed E-state index contributed by atoms with van der Waals surface area (Å²) in [6.45, 7) is 4.00. The number of halogens is 9. The molecule has 1 unspecified atom stereocenters. The fourth-order valence-corrected chi connectivity index (χ4v) is 3.75. The highest BCUT2D eigenvalue weighted by atomic mass is 19.4. The van der Waals surface area contributed by atoms with Crippen molar-refractivity contribution < 1.29 is 53.9 Å². The van der Waals surface area contributed by atoms with Crippen LogP contribution in [-0.2, 0) is 27.5 Å². The lowest BCUT2D eigenvalue weighted by Crippen LogP contribution is -2.43. The van der Waals surface area contributed by atoms with E-state index in [0.717, 1.165) is 13.2 Å². The van der Waals surface area contributed by atoms with Crippen LogP contribution < -0.4 is 0 Å². The van der Waals surface area contributed by atoms with Gasteiger partial charge in [-0.25, -0.2) is 9.78 Å². The number of nitrogens with zero attached hydrogens (tertiary/aromatic N) is 3. The Morgan fingerprint density at radius 1 is 0.974 bits per heavy atom. The molecule has 2 aromatic heterocycles. The van der Waals surface area contributed by atoms with Gasteiger partial charge in [0.1, 0.15) is 11.3 Å². The van der Waals surface area contributed by atoms with E-state index in [1.807, 2.05) is 13.8 Å². The summed E-state index contributed by atoms with van der Waals surface area (Å²) in [4.78, 5) is 20.5. The Kier molecular flexibility index (Phi) is 7.45. The molecule has 6 nitrogen and oxygen atoms in total. The summed E-state index contributed by atoms with van der Waals surface area (Å²) in [6, 6.07) is 1.96. The molecule has 0 N–H and O–H groups in total. The van der Waals surface area contributed by atoms with Gasteiger partial charge in [-0.3, -0.25) is 4.40 Å². The highest BCUT2D eigenvalue weighted by Crippen LogP contribution is 2.51. The van der Waals surface area contributed by atoms with E-state index in [4.69, 9.17) is 0 Å². The molecule has 0 aliphatic carbocycles. The third kappa shape index (κ3) is 5.00. The first-order valence-electron chi connectivity index (χ1n) is 10.7. The van der Waals surface area contributed by atoms with Crippen LogP contribution in [0.2, 0.25) is 0 Å². The number of aromatic nitrogens is 2. The van der Waals surface area contributed by atoms with E-state index < -0.39 is 58.9 Å². The lowest BCUT2D eigenvalue weighted by atomic mass is 9.84. The molecular weight excluding hydrogens is 537 g/mol. The number of carbonyl (C=O) groups is 1. The molecule has 3 aromatic rings. The van der Waals surface area contributed by atoms with Crippen LogP contribution >= 0.6 is 0 Å². The average molecular weight is 555 g/mol. The van der Waals surface area contributed by atoms with Gasteiger partial charge in [0, 0.05) is 23.5 Å². The van der Waals surface area contributed by atoms with Gasteiger partial charge in [-0.15, -0.1) is 0 Å². The number of carbonyl (C=O) groups excluding carboxylic acids is 1. The number of alkyl halides is 9. The second-order valence-corrected chi connectivity index (χ2v) is 7.67. The zero-order valence-corrected chi connectivity index (χ0v) is 19.7. The van der Waals surface area contributed by atoms with Gasteiger partial charge in [0.2, 0.25) is 0 Å². The number of oxime groups is 1. The van der Waals surface area contributed by atoms with Crippen LogP contribution in [0, 0.1) is 0 Å². The number of rotatable bonds is 3. The Morgan fingerprint density at radius 3 is 2.05 bits per heavy atom. The molecule has 1 atom stereocenters. The third-order valence-electron chi connectivity index (χ3n) is 5.49. The quantitative estimate of drug-likeness (QED) is 0.265. The molecule has 0 radical (unpaired) electrons. The molecule has 38 heavy (non-hydrogen) atoms. The molecule has 0 saturated carbocycles. The lowest BCUT2D eigenvalue weighted by molar-refractivity contribution is -0.276. The Morgan fingerprint density at radius 2 is 1.55 bits per heavy atom. The molecule has 0 bridgehead atoms. The number of pyridine rings is 1. The van der Waals surface area contributed by atoms with Crippen LogP contribution in [0.3, 0.4) is 0 Å². The van der Waals surface area contributed by atoms with Gasteiger partial charge < -0.3 is 9.57 Å². The van der Waals surface area contributed by atoms with Crippen molar-refractivity contribution in [3.05, 3.63) is 70.7 Å². The first kappa shape index (κ1) is 28.8. The van der Waals surface area contributed by atoms with E-state index in [1.54, 1.807) is 0 Å². The SMILES string of the molecule is CC.COC(=O)c1ccc(C2=NOC(c3cc(C(F)(F)F)cc(C(F)(F)F)c3)(C(F)(F)F)C2)c2nccn12. The Hall–Kier alpha value is -3.78. The van der Waals surface area contributed by atoms with Gasteiger partial charge in [0.05, 0.1) is 30.4 Å². The van der Waals surface area contributed by atoms with Crippen molar-refractivity contribution in [3.63, 3.8) is 0 Å². The first-order chi connectivity index (χ1) is 17.6. The van der Waals surface area contributed by atoms with Crippen molar-refractivity contribution in [1.82, 2.24) is 9.38 Å². The minimum Gasteiger partial charge on any atom is -0.464 e. The predicted molar refractivity (Wildman–Crippen MR) is 114 cm³/mol.